The van der Waals surface area contributed by atoms with Gasteiger partial charge in [0.1, 0.15) is 0 Å². The molecule has 2 amide bonds. The van der Waals surface area contributed by atoms with Gasteiger partial charge in [-0.3, -0.25) is 20.4 Å². The Morgan fingerprint density at radius 2 is 1.50 bits per heavy atom. The van der Waals surface area contributed by atoms with Gasteiger partial charge in [-0.05, 0) is 36.2 Å². The third-order valence-electron chi connectivity index (χ3n) is 3.39. The summed E-state index contributed by atoms with van der Waals surface area (Å²) in [5.41, 5.74) is 3.80. The molecule has 7 heteroatoms. The summed E-state index contributed by atoms with van der Waals surface area (Å²) in [5.74, 6) is -1.66. The maximum atomic E-state index is 12.9. The predicted octanol–water partition coefficient (Wildman–Crippen LogP) is 3.34. The Labute approximate surface area is 136 Å². The number of rotatable bonds is 3. The maximum Gasteiger partial charge on any atom is 0.417 e. The summed E-state index contributed by atoms with van der Waals surface area (Å²) in [6, 6.07) is 11.0. The minimum atomic E-state index is -4.66. The first-order chi connectivity index (χ1) is 11.3. The fraction of sp³-hybridized carbons (Fsp3) is 0.176. The van der Waals surface area contributed by atoms with Crippen molar-refractivity contribution in [1.29, 1.82) is 0 Å². The average Bonchev–Trinajstić information content (AvgIpc) is 2.58. The lowest BCUT2D eigenvalue weighted by molar-refractivity contribution is -0.137. The van der Waals surface area contributed by atoms with Crippen molar-refractivity contribution in [2.75, 3.05) is 0 Å². The van der Waals surface area contributed by atoms with Gasteiger partial charge >= 0.3 is 6.18 Å². The van der Waals surface area contributed by atoms with Gasteiger partial charge in [0.05, 0.1) is 11.1 Å². The largest absolute Gasteiger partial charge is 0.417 e. The van der Waals surface area contributed by atoms with Crippen LogP contribution in [0.4, 0.5) is 13.2 Å². The topological polar surface area (TPSA) is 58.2 Å². The number of alkyl halides is 3. The van der Waals surface area contributed by atoms with Gasteiger partial charge in [0.2, 0.25) is 0 Å². The number of aryl methyl sites for hydroxylation is 1. The van der Waals surface area contributed by atoms with Crippen molar-refractivity contribution in [2.45, 2.75) is 19.5 Å². The number of benzene rings is 2. The zero-order valence-electron chi connectivity index (χ0n) is 12.8. The van der Waals surface area contributed by atoms with Gasteiger partial charge in [-0.2, -0.15) is 13.2 Å². The third-order valence-corrected chi connectivity index (χ3v) is 3.39. The number of hydrogen-bond acceptors (Lipinski definition) is 2. The highest BCUT2D eigenvalue weighted by molar-refractivity contribution is 5.99. The first kappa shape index (κ1) is 17.5. The molecule has 0 atom stereocenters. The van der Waals surface area contributed by atoms with Crippen LogP contribution in [-0.4, -0.2) is 11.8 Å². The molecule has 0 fully saturated rings. The minimum Gasteiger partial charge on any atom is -0.267 e. The fourth-order valence-corrected chi connectivity index (χ4v) is 2.07. The molecule has 0 radical (unpaired) electrons. The van der Waals surface area contributed by atoms with Crippen LogP contribution in [0.5, 0.6) is 0 Å². The lowest BCUT2D eigenvalue weighted by Crippen LogP contribution is -2.42. The van der Waals surface area contributed by atoms with E-state index in [1.807, 2.05) is 12.3 Å². The molecule has 0 heterocycles. The summed E-state index contributed by atoms with van der Waals surface area (Å²) < 4.78 is 38.6. The highest BCUT2D eigenvalue weighted by Crippen LogP contribution is 2.31. The van der Waals surface area contributed by atoms with Crippen molar-refractivity contribution in [3.8, 4) is 0 Å². The monoisotopic (exact) mass is 336 g/mol. The van der Waals surface area contributed by atoms with Crippen LogP contribution >= 0.6 is 0 Å². The highest BCUT2D eigenvalue weighted by Gasteiger charge is 2.34. The molecule has 4 nitrogen and oxygen atoms in total. The Bertz CT molecular complexity index is 740. The van der Waals surface area contributed by atoms with Gasteiger partial charge in [-0.15, -0.1) is 0 Å². The van der Waals surface area contributed by atoms with Crippen LogP contribution in [0.25, 0.3) is 0 Å². The van der Waals surface area contributed by atoms with Crippen LogP contribution in [0.2, 0.25) is 0 Å². The van der Waals surface area contributed by atoms with Crippen LogP contribution in [-0.2, 0) is 12.6 Å². The van der Waals surface area contributed by atoms with Crippen LogP contribution in [0.3, 0.4) is 0 Å². The first-order valence-electron chi connectivity index (χ1n) is 7.18. The molecular weight excluding hydrogens is 321 g/mol. The Hall–Kier alpha value is -2.83. The molecule has 0 aromatic heterocycles. The minimum absolute atomic E-state index is 0.289. The van der Waals surface area contributed by atoms with E-state index in [2.05, 4.69) is 5.43 Å². The highest BCUT2D eigenvalue weighted by atomic mass is 19.4. The lowest BCUT2D eigenvalue weighted by atomic mass is 10.1. The summed E-state index contributed by atoms with van der Waals surface area (Å²) in [6.45, 7) is 1.97. The van der Waals surface area contributed by atoms with E-state index in [9.17, 15) is 22.8 Å². The van der Waals surface area contributed by atoms with Crippen LogP contribution in [0.1, 0.15) is 38.8 Å². The van der Waals surface area contributed by atoms with E-state index in [1.54, 1.807) is 24.3 Å². The Morgan fingerprint density at radius 3 is 2.08 bits per heavy atom. The molecule has 126 valence electrons. The summed E-state index contributed by atoms with van der Waals surface area (Å²) in [6.07, 6.45) is -3.85. The molecule has 0 aliphatic carbocycles. The van der Waals surface area contributed by atoms with Gasteiger partial charge in [-0.1, -0.05) is 31.2 Å². The number of hydrogen-bond donors (Lipinski definition) is 2. The maximum absolute atomic E-state index is 12.9. The number of amides is 2. The van der Waals surface area contributed by atoms with Crippen molar-refractivity contribution >= 4 is 11.8 Å². The van der Waals surface area contributed by atoms with Gasteiger partial charge in [0, 0.05) is 5.56 Å². The van der Waals surface area contributed by atoms with E-state index in [4.69, 9.17) is 0 Å². The molecule has 2 aromatic rings. The molecule has 2 aromatic carbocycles. The molecule has 0 aliphatic heterocycles. The van der Waals surface area contributed by atoms with E-state index >= 15 is 0 Å². The molecule has 0 saturated heterocycles. The number of carbonyl (C=O) groups excluding carboxylic acids is 2. The van der Waals surface area contributed by atoms with Crippen LogP contribution < -0.4 is 10.9 Å². The number of nitrogens with one attached hydrogen (secondary N) is 2. The van der Waals surface area contributed by atoms with E-state index in [0.717, 1.165) is 24.1 Å². The van der Waals surface area contributed by atoms with Gasteiger partial charge in [0.25, 0.3) is 11.8 Å². The van der Waals surface area contributed by atoms with Crippen molar-refractivity contribution in [3.05, 3.63) is 70.8 Å². The summed E-state index contributed by atoms with van der Waals surface area (Å²) >= 11 is 0. The molecule has 24 heavy (non-hydrogen) atoms. The van der Waals surface area contributed by atoms with Gasteiger partial charge in [-0.25, -0.2) is 0 Å². The fourth-order valence-electron chi connectivity index (χ4n) is 2.07. The van der Waals surface area contributed by atoms with Crippen molar-refractivity contribution in [2.24, 2.45) is 0 Å². The molecule has 0 aliphatic rings. The molecule has 2 rings (SSSR count). The predicted molar refractivity (Wildman–Crippen MR) is 82.2 cm³/mol. The van der Waals surface area contributed by atoms with E-state index in [0.29, 0.717) is 0 Å². The SMILES string of the molecule is CCc1ccc(C(=O)NNC(=O)c2ccccc2C(F)(F)F)cc1. The third kappa shape index (κ3) is 4.13. The van der Waals surface area contributed by atoms with E-state index < -0.39 is 29.1 Å². The number of halogens is 3. The van der Waals surface area contributed by atoms with Gasteiger partial charge < -0.3 is 0 Å². The molecule has 0 unspecified atom stereocenters. The van der Waals surface area contributed by atoms with Crippen LogP contribution in [0.15, 0.2) is 48.5 Å². The molecule has 0 saturated carbocycles. The second kappa shape index (κ2) is 7.16. The first-order valence-corrected chi connectivity index (χ1v) is 7.18. The summed E-state index contributed by atoms with van der Waals surface area (Å²) in [4.78, 5) is 23.8. The van der Waals surface area contributed by atoms with Crippen LogP contribution in [0, 0.1) is 0 Å². The normalized spacial score (nSPS) is 11.0. The van der Waals surface area contributed by atoms with Crippen molar-refractivity contribution in [1.82, 2.24) is 10.9 Å². The number of carbonyl (C=O) groups is 2. The molecule has 0 bridgehead atoms. The molecular formula is C17H15F3N2O2. The quantitative estimate of drug-likeness (QED) is 0.845. The average molecular weight is 336 g/mol. The Morgan fingerprint density at radius 1 is 0.917 bits per heavy atom. The Balaban J connectivity index is 2.07. The van der Waals surface area contributed by atoms with Gasteiger partial charge in [0.15, 0.2) is 0 Å². The second-order valence-electron chi connectivity index (χ2n) is 5.00. The van der Waals surface area contributed by atoms with Crippen molar-refractivity contribution < 1.29 is 22.8 Å². The lowest BCUT2D eigenvalue weighted by Gasteiger charge is -2.13. The second-order valence-corrected chi connectivity index (χ2v) is 5.00. The zero-order valence-corrected chi connectivity index (χ0v) is 12.8. The number of hydrazine groups is 1. The summed E-state index contributed by atoms with van der Waals surface area (Å²) in [7, 11) is 0. The Kier molecular flexibility index (Phi) is 5.23. The molecule has 0 spiro atoms. The van der Waals surface area contributed by atoms with E-state index in [1.165, 1.54) is 12.1 Å². The summed E-state index contributed by atoms with van der Waals surface area (Å²) in [5, 5.41) is 0. The zero-order chi connectivity index (χ0) is 17.7. The van der Waals surface area contributed by atoms with Crippen molar-refractivity contribution in [3.63, 3.8) is 0 Å². The smallest absolute Gasteiger partial charge is 0.267 e. The molecule has 2 N–H and O–H groups in total. The standard InChI is InChI=1S/C17H15F3N2O2/c1-2-11-7-9-12(10-8-11)15(23)21-22-16(24)13-5-3-4-6-14(13)17(18,19)20/h3-10H,2H2,1H3,(H,21,23)(H,22,24). The van der Waals surface area contributed by atoms with E-state index in [-0.39, 0.29) is 5.56 Å².